The molecule has 0 saturated heterocycles. The molecule has 1 aromatic heterocycles. The lowest BCUT2D eigenvalue weighted by atomic mass is 10.1. The maximum absolute atomic E-state index is 11.9. The van der Waals surface area contributed by atoms with Gasteiger partial charge < -0.3 is 19.9 Å². The molecule has 158 valence electrons. The zero-order valence-corrected chi connectivity index (χ0v) is 18.1. The first-order chi connectivity index (χ1) is 14.0. The van der Waals surface area contributed by atoms with E-state index in [-0.39, 0.29) is 5.56 Å². The molecule has 1 heterocycles. The highest BCUT2D eigenvalue weighted by Gasteiger charge is 2.04. The van der Waals surface area contributed by atoms with Crippen LogP contribution in [-0.2, 0) is 13.0 Å². The number of aliphatic imine (C=N–C) groups is 1. The fourth-order valence-electron chi connectivity index (χ4n) is 3.24. The molecule has 0 bridgehead atoms. The van der Waals surface area contributed by atoms with Crippen molar-refractivity contribution in [3.8, 4) is 5.75 Å². The number of nitrogens with one attached hydrogen (secondary N) is 2. The van der Waals surface area contributed by atoms with Gasteiger partial charge in [-0.3, -0.25) is 9.79 Å². The van der Waals surface area contributed by atoms with Crippen LogP contribution in [-0.4, -0.2) is 37.3 Å². The molecule has 1 aromatic carbocycles. The summed E-state index contributed by atoms with van der Waals surface area (Å²) >= 11 is 0. The molecule has 2 N–H and O–H groups in total. The van der Waals surface area contributed by atoms with Crippen LogP contribution >= 0.6 is 0 Å². The standard InChI is InChI=1S/C23H34N4O2/c1-5-24-23(26-15-13-20-17-18(2)11-12-21(20)29-4)25-14-6-7-16-27-19(3)9-8-10-22(27)28/h8-12,17H,5-7,13-16H2,1-4H3,(H2,24,25,26). The Balaban J connectivity index is 1.80. The summed E-state index contributed by atoms with van der Waals surface area (Å²) in [6.07, 6.45) is 2.72. The van der Waals surface area contributed by atoms with Crippen LogP contribution in [0.15, 0.2) is 46.2 Å². The first kappa shape index (κ1) is 22.5. The van der Waals surface area contributed by atoms with E-state index in [0.29, 0.717) is 0 Å². The highest BCUT2D eigenvalue weighted by atomic mass is 16.5. The number of guanidine groups is 1. The Bertz CT molecular complexity index is 858. The topological polar surface area (TPSA) is 67.7 Å². The predicted molar refractivity (Wildman–Crippen MR) is 120 cm³/mol. The molecule has 0 saturated carbocycles. The lowest BCUT2D eigenvalue weighted by Gasteiger charge is -2.13. The molecule has 0 aliphatic rings. The van der Waals surface area contributed by atoms with Gasteiger partial charge in [-0.25, -0.2) is 0 Å². The second-order valence-corrected chi connectivity index (χ2v) is 7.12. The van der Waals surface area contributed by atoms with Crippen molar-refractivity contribution < 1.29 is 4.74 Å². The molecule has 2 aromatic rings. The summed E-state index contributed by atoms with van der Waals surface area (Å²) in [4.78, 5) is 16.6. The number of nitrogens with zero attached hydrogens (tertiary/aromatic N) is 2. The van der Waals surface area contributed by atoms with Crippen LogP contribution in [0.1, 0.15) is 36.6 Å². The maximum Gasteiger partial charge on any atom is 0.250 e. The first-order valence-corrected chi connectivity index (χ1v) is 10.4. The van der Waals surface area contributed by atoms with E-state index < -0.39 is 0 Å². The number of aryl methyl sites for hydroxylation is 2. The largest absolute Gasteiger partial charge is 0.496 e. The van der Waals surface area contributed by atoms with E-state index in [9.17, 15) is 4.79 Å². The predicted octanol–water partition coefficient (Wildman–Crippen LogP) is 3.05. The molecular weight excluding hydrogens is 364 g/mol. The SMILES string of the molecule is CCNC(=NCCCCn1c(C)cccc1=O)NCCc1cc(C)ccc1OC. The number of rotatable bonds is 10. The Morgan fingerprint density at radius 2 is 1.97 bits per heavy atom. The first-order valence-electron chi connectivity index (χ1n) is 10.4. The molecule has 0 spiro atoms. The highest BCUT2D eigenvalue weighted by molar-refractivity contribution is 5.79. The molecule has 0 atom stereocenters. The van der Waals surface area contributed by atoms with E-state index >= 15 is 0 Å². The number of hydrogen-bond acceptors (Lipinski definition) is 3. The van der Waals surface area contributed by atoms with Gasteiger partial charge in [0.25, 0.3) is 5.56 Å². The second kappa shape index (κ2) is 11.9. The molecule has 2 rings (SSSR count). The van der Waals surface area contributed by atoms with Gasteiger partial charge in [0.05, 0.1) is 7.11 Å². The molecule has 6 nitrogen and oxygen atoms in total. The van der Waals surface area contributed by atoms with Crippen molar-refractivity contribution >= 4 is 5.96 Å². The summed E-state index contributed by atoms with van der Waals surface area (Å²) < 4.78 is 7.27. The zero-order valence-electron chi connectivity index (χ0n) is 18.1. The molecule has 0 amide bonds. The van der Waals surface area contributed by atoms with E-state index in [1.807, 2.05) is 23.6 Å². The lowest BCUT2D eigenvalue weighted by molar-refractivity contribution is 0.409. The van der Waals surface area contributed by atoms with E-state index in [1.165, 1.54) is 11.1 Å². The van der Waals surface area contributed by atoms with Crippen molar-refractivity contribution in [3.63, 3.8) is 0 Å². The number of hydrogen-bond donors (Lipinski definition) is 2. The van der Waals surface area contributed by atoms with Gasteiger partial charge in [-0.05, 0) is 57.7 Å². The second-order valence-electron chi connectivity index (χ2n) is 7.12. The number of aromatic nitrogens is 1. The van der Waals surface area contributed by atoms with E-state index in [0.717, 1.165) is 62.8 Å². The fraction of sp³-hybridized carbons (Fsp3) is 0.478. The van der Waals surface area contributed by atoms with Crippen molar-refractivity contribution in [2.45, 2.75) is 46.6 Å². The fourth-order valence-corrected chi connectivity index (χ4v) is 3.24. The molecule has 0 aliphatic carbocycles. The highest BCUT2D eigenvalue weighted by Crippen LogP contribution is 2.19. The molecule has 0 aliphatic heterocycles. The van der Waals surface area contributed by atoms with Crippen LogP contribution in [0.4, 0.5) is 0 Å². The van der Waals surface area contributed by atoms with Gasteiger partial charge in [0, 0.05) is 37.9 Å². The Labute approximate surface area is 174 Å². The number of methoxy groups -OCH3 is 1. The lowest BCUT2D eigenvalue weighted by Crippen LogP contribution is -2.38. The summed E-state index contributed by atoms with van der Waals surface area (Å²) in [5.41, 5.74) is 3.49. The third-order valence-electron chi connectivity index (χ3n) is 4.79. The quantitative estimate of drug-likeness (QED) is 0.367. The normalized spacial score (nSPS) is 11.4. The van der Waals surface area contributed by atoms with Crippen molar-refractivity contribution in [1.29, 1.82) is 0 Å². The van der Waals surface area contributed by atoms with Gasteiger partial charge in [-0.15, -0.1) is 0 Å². The third-order valence-corrected chi connectivity index (χ3v) is 4.79. The van der Waals surface area contributed by atoms with E-state index in [1.54, 1.807) is 19.2 Å². The molecule has 0 fully saturated rings. The van der Waals surface area contributed by atoms with Crippen LogP contribution < -0.4 is 20.9 Å². The van der Waals surface area contributed by atoms with Gasteiger partial charge in [-0.1, -0.05) is 23.8 Å². The van der Waals surface area contributed by atoms with Crippen molar-refractivity contribution in [1.82, 2.24) is 15.2 Å². The minimum atomic E-state index is 0.0649. The number of unbranched alkanes of at least 4 members (excludes halogenated alkanes) is 1. The monoisotopic (exact) mass is 398 g/mol. The molecule has 29 heavy (non-hydrogen) atoms. The molecule has 0 unspecified atom stereocenters. The van der Waals surface area contributed by atoms with Gasteiger partial charge in [0.15, 0.2) is 5.96 Å². The Hall–Kier alpha value is -2.76. The average molecular weight is 399 g/mol. The smallest absolute Gasteiger partial charge is 0.250 e. The van der Waals surface area contributed by atoms with Gasteiger partial charge in [0.1, 0.15) is 5.75 Å². The maximum atomic E-state index is 11.9. The number of ether oxygens (including phenoxy) is 1. The van der Waals surface area contributed by atoms with Crippen molar-refractivity contribution in [2.75, 3.05) is 26.7 Å². The summed E-state index contributed by atoms with van der Waals surface area (Å²) in [6, 6.07) is 11.6. The Morgan fingerprint density at radius 1 is 1.14 bits per heavy atom. The van der Waals surface area contributed by atoms with Crippen LogP contribution in [0, 0.1) is 13.8 Å². The molecular formula is C23H34N4O2. The Kier molecular flexibility index (Phi) is 9.28. The van der Waals surface area contributed by atoms with Gasteiger partial charge in [-0.2, -0.15) is 0 Å². The van der Waals surface area contributed by atoms with Crippen molar-refractivity contribution in [2.24, 2.45) is 4.99 Å². The average Bonchev–Trinajstić information content (AvgIpc) is 2.70. The van der Waals surface area contributed by atoms with Crippen molar-refractivity contribution in [3.05, 3.63) is 63.6 Å². The molecule has 6 heteroatoms. The minimum Gasteiger partial charge on any atom is -0.496 e. The summed E-state index contributed by atoms with van der Waals surface area (Å²) in [6.45, 7) is 9.18. The summed E-state index contributed by atoms with van der Waals surface area (Å²) in [5, 5.41) is 6.68. The number of pyridine rings is 1. The minimum absolute atomic E-state index is 0.0649. The summed E-state index contributed by atoms with van der Waals surface area (Å²) in [7, 11) is 1.71. The number of benzene rings is 1. The van der Waals surface area contributed by atoms with Gasteiger partial charge >= 0.3 is 0 Å². The zero-order chi connectivity index (χ0) is 21.1. The van der Waals surface area contributed by atoms with Gasteiger partial charge in [0.2, 0.25) is 0 Å². The van der Waals surface area contributed by atoms with Crippen LogP contribution in [0.5, 0.6) is 5.75 Å². The van der Waals surface area contributed by atoms with E-state index in [2.05, 4.69) is 41.6 Å². The summed E-state index contributed by atoms with van der Waals surface area (Å²) in [5.74, 6) is 1.75. The molecule has 0 radical (unpaired) electrons. The van der Waals surface area contributed by atoms with E-state index in [4.69, 9.17) is 4.74 Å². The van der Waals surface area contributed by atoms with Crippen LogP contribution in [0.2, 0.25) is 0 Å². The van der Waals surface area contributed by atoms with Crippen LogP contribution in [0.3, 0.4) is 0 Å². The van der Waals surface area contributed by atoms with Crippen LogP contribution in [0.25, 0.3) is 0 Å². The third kappa shape index (κ3) is 7.29. The Morgan fingerprint density at radius 3 is 2.69 bits per heavy atom.